The molecule has 98 valence electrons. The molecular weight excluding hydrogens is 240 g/mol. The summed E-state index contributed by atoms with van der Waals surface area (Å²) in [4.78, 5) is 4.73. The van der Waals surface area contributed by atoms with Crippen molar-refractivity contribution in [1.82, 2.24) is 10.3 Å². The van der Waals surface area contributed by atoms with Crippen LogP contribution in [0.15, 0.2) is 11.6 Å². The third-order valence-electron chi connectivity index (χ3n) is 5.30. The molecule has 0 saturated heterocycles. The average Bonchev–Trinajstić information content (AvgIpc) is 2.86. The maximum atomic E-state index is 4.73. The third-order valence-corrected chi connectivity index (χ3v) is 6.23. The van der Waals surface area contributed by atoms with Crippen molar-refractivity contribution in [2.24, 2.45) is 11.8 Å². The Morgan fingerprint density at radius 2 is 1.72 bits per heavy atom. The molecule has 3 aliphatic rings. The highest BCUT2D eigenvalue weighted by Gasteiger charge is 2.53. The van der Waals surface area contributed by atoms with E-state index in [2.05, 4.69) is 10.7 Å². The van der Waals surface area contributed by atoms with E-state index in [1.807, 2.05) is 17.5 Å². The van der Waals surface area contributed by atoms with Crippen LogP contribution in [0, 0.1) is 11.8 Å². The molecular formula is C15H22N2S. The molecule has 1 aromatic heterocycles. The first-order valence-electron chi connectivity index (χ1n) is 7.57. The van der Waals surface area contributed by atoms with E-state index in [-0.39, 0.29) is 5.54 Å². The van der Waals surface area contributed by atoms with Crippen LogP contribution in [0.1, 0.15) is 56.4 Å². The van der Waals surface area contributed by atoms with Crippen LogP contribution < -0.4 is 5.32 Å². The molecule has 0 bridgehead atoms. The lowest BCUT2D eigenvalue weighted by Gasteiger charge is -2.52. The summed E-state index contributed by atoms with van der Waals surface area (Å²) >= 11 is 1.88. The van der Waals surface area contributed by atoms with Crippen molar-refractivity contribution in [2.45, 2.75) is 62.9 Å². The predicted octanol–water partition coefficient (Wildman–Crippen LogP) is 3.69. The fourth-order valence-corrected chi connectivity index (χ4v) is 4.66. The molecule has 3 saturated carbocycles. The van der Waals surface area contributed by atoms with E-state index in [4.69, 9.17) is 4.98 Å². The zero-order valence-corrected chi connectivity index (χ0v) is 11.7. The lowest BCUT2D eigenvalue weighted by atomic mass is 9.59. The van der Waals surface area contributed by atoms with E-state index < -0.39 is 0 Å². The molecule has 4 rings (SSSR count). The van der Waals surface area contributed by atoms with Gasteiger partial charge in [0.15, 0.2) is 0 Å². The van der Waals surface area contributed by atoms with Gasteiger partial charge in [-0.15, -0.1) is 11.3 Å². The second-order valence-corrected chi connectivity index (χ2v) is 7.28. The Kier molecular flexibility index (Phi) is 2.73. The van der Waals surface area contributed by atoms with Crippen molar-refractivity contribution in [3.8, 4) is 0 Å². The fourth-order valence-electron chi connectivity index (χ4n) is 3.70. The second-order valence-electron chi connectivity index (χ2n) is 6.38. The molecule has 0 spiro atoms. The predicted molar refractivity (Wildman–Crippen MR) is 74.6 cm³/mol. The van der Waals surface area contributed by atoms with Gasteiger partial charge in [0.1, 0.15) is 5.01 Å². The zero-order chi connectivity index (χ0) is 12.0. The van der Waals surface area contributed by atoms with Crippen LogP contribution in [0.3, 0.4) is 0 Å². The highest BCUT2D eigenvalue weighted by molar-refractivity contribution is 7.09. The molecule has 3 aliphatic carbocycles. The Balaban J connectivity index is 1.71. The van der Waals surface area contributed by atoms with Crippen LogP contribution in [0.25, 0.3) is 0 Å². The van der Waals surface area contributed by atoms with E-state index in [1.165, 1.54) is 56.4 Å². The molecule has 1 aromatic rings. The number of rotatable bonds is 5. The Morgan fingerprint density at radius 3 is 2.11 bits per heavy atom. The molecule has 18 heavy (non-hydrogen) atoms. The molecule has 0 aliphatic heterocycles. The summed E-state index contributed by atoms with van der Waals surface area (Å²) in [6.45, 7) is 0. The highest BCUT2D eigenvalue weighted by Crippen LogP contribution is 2.54. The average molecular weight is 262 g/mol. The van der Waals surface area contributed by atoms with Gasteiger partial charge in [-0.1, -0.05) is 12.8 Å². The van der Waals surface area contributed by atoms with Crippen LogP contribution in [0.5, 0.6) is 0 Å². The largest absolute Gasteiger partial charge is 0.302 e. The standard InChI is InChI=1S/C15H22N2S/c1-3-11(4-1)15(12-5-2-6-12,17-13-7-8-13)14-16-9-10-18-14/h9-13,17H,1-8H2. The molecule has 0 aromatic carbocycles. The Hall–Kier alpha value is -0.410. The zero-order valence-electron chi connectivity index (χ0n) is 10.9. The van der Waals surface area contributed by atoms with E-state index in [0.29, 0.717) is 0 Å². The molecule has 0 amide bonds. The van der Waals surface area contributed by atoms with Crippen LogP contribution >= 0.6 is 11.3 Å². The first-order chi connectivity index (χ1) is 8.89. The topological polar surface area (TPSA) is 24.9 Å². The number of thiazole rings is 1. The van der Waals surface area contributed by atoms with Gasteiger partial charge in [-0.2, -0.15) is 0 Å². The lowest BCUT2D eigenvalue weighted by Crippen LogP contribution is -2.58. The van der Waals surface area contributed by atoms with Crippen molar-refractivity contribution < 1.29 is 0 Å². The van der Waals surface area contributed by atoms with E-state index in [9.17, 15) is 0 Å². The van der Waals surface area contributed by atoms with Crippen LogP contribution in [-0.2, 0) is 5.54 Å². The van der Waals surface area contributed by atoms with Gasteiger partial charge in [-0.05, 0) is 50.4 Å². The van der Waals surface area contributed by atoms with E-state index in [0.717, 1.165) is 17.9 Å². The minimum absolute atomic E-state index is 0.256. The normalized spacial score (nSPS) is 25.8. The number of aromatic nitrogens is 1. The van der Waals surface area contributed by atoms with E-state index in [1.54, 1.807) is 0 Å². The van der Waals surface area contributed by atoms with Crippen molar-refractivity contribution >= 4 is 11.3 Å². The van der Waals surface area contributed by atoms with E-state index >= 15 is 0 Å². The smallest absolute Gasteiger partial charge is 0.113 e. The third kappa shape index (κ3) is 1.67. The SMILES string of the molecule is c1csc(C(NC2CC2)(C2CCC2)C2CCC2)n1. The molecule has 0 unspecified atom stereocenters. The van der Waals surface area contributed by atoms with Gasteiger partial charge >= 0.3 is 0 Å². The van der Waals surface area contributed by atoms with Gasteiger partial charge in [0.05, 0.1) is 5.54 Å². The first-order valence-corrected chi connectivity index (χ1v) is 8.45. The number of nitrogens with zero attached hydrogens (tertiary/aromatic N) is 1. The lowest BCUT2D eigenvalue weighted by molar-refractivity contribution is 0.0207. The van der Waals surface area contributed by atoms with Crippen molar-refractivity contribution in [2.75, 3.05) is 0 Å². The minimum atomic E-state index is 0.256. The molecule has 3 heteroatoms. The maximum Gasteiger partial charge on any atom is 0.113 e. The summed E-state index contributed by atoms with van der Waals surface area (Å²) in [7, 11) is 0. The van der Waals surface area contributed by atoms with Crippen LogP contribution in [0.4, 0.5) is 0 Å². The van der Waals surface area contributed by atoms with Crippen molar-refractivity contribution in [3.63, 3.8) is 0 Å². The Bertz CT molecular complexity index is 388. The van der Waals surface area contributed by atoms with Gasteiger partial charge in [0, 0.05) is 17.6 Å². The number of nitrogens with one attached hydrogen (secondary N) is 1. The van der Waals surface area contributed by atoms with Gasteiger partial charge in [-0.3, -0.25) is 0 Å². The fraction of sp³-hybridized carbons (Fsp3) is 0.800. The highest BCUT2D eigenvalue weighted by atomic mass is 32.1. The Morgan fingerprint density at radius 1 is 1.06 bits per heavy atom. The quantitative estimate of drug-likeness (QED) is 0.875. The second kappa shape index (κ2) is 4.31. The molecule has 1 heterocycles. The van der Waals surface area contributed by atoms with Gasteiger partial charge < -0.3 is 5.32 Å². The molecule has 3 fully saturated rings. The Labute approximate surface area is 113 Å². The van der Waals surface area contributed by atoms with Gasteiger partial charge in [0.25, 0.3) is 0 Å². The molecule has 1 N–H and O–H groups in total. The van der Waals surface area contributed by atoms with Gasteiger partial charge in [-0.25, -0.2) is 4.98 Å². The van der Waals surface area contributed by atoms with Crippen molar-refractivity contribution in [1.29, 1.82) is 0 Å². The minimum Gasteiger partial charge on any atom is -0.302 e. The van der Waals surface area contributed by atoms with Gasteiger partial charge in [0.2, 0.25) is 0 Å². The molecule has 0 atom stereocenters. The summed E-state index contributed by atoms with van der Waals surface area (Å²) in [6.07, 6.45) is 13.3. The number of hydrogen-bond donors (Lipinski definition) is 1. The maximum absolute atomic E-state index is 4.73. The summed E-state index contributed by atoms with van der Waals surface area (Å²) in [5.74, 6) is 1.71. The summed E-state index contributed by atoms with van der Waals surface area (Å²) < 4.78 is 0. The van der Waals surface area contributed by atoms with Crippen molar-refractivity contribution in [3.05, 3.63) is 16.6 Å². The van der Waals surface area contributed by atoms with Crippen LogP contribution in [0.2, 0.25) is 0 Å². The summed E-state index contributed by atoms with van der Waals surface area (Å²) in [5, 5.41) is 7.61. The summed E-state index contributed by atoms with van der Waals surface area (Å²) in [5.41, 5.74) is 0.256. The monoisotopic (exact) mass is 262 g/mol. The molecule has 0 radical (unpaired) electrons. The first kappa shape index (κ1) is 11.4. The molecule has 2 nitrogen and oxygen atoms in total. The summed E-state index contributed by atoms with van der Waals surface area (Å²) in [6, 6.07) is 0.787. The number of hydrogen-bond acceptors (Lipinski definition) is 3. The van der Waals surface area contributed by atoms with Crippen LogP contribution in [-0.4, -0.2) is 11.0 Å².